The predicted molar refractivity (Wildman–Crippen MR) is 140 cm³/mol. The number of amides is 2. The average Bonchev–Trinajstić information content (AvgIpc) is 3.05. The molecule has 0 bridgehead atoms. The van der Waals surface area contributed by atoms with E-state index in [-0.39, 0.29) is 38.7 Å². The van der Waals surface area contributed by atoms with E-state index in [1.165, 1.54) is 24.3 Å². The maximum absolute atomic E-state index is 13.3. The van der Waals surface area contributed by atoms with Crippen molar-refractivity contribution in [1.29, 1.82) is 0 Å². The van der Waals surface area contributed by atoms with Gasteiger partial charge in [-0.25, -0.2) is 8.42 Å². The molecule has 2 aromatic rings. The molecule has 35 heavy (non-hydrogen) atoms. The Kier molecular flexibility index (Phi) is 7.43. The fourth-order valence-corrected chi connectivity index (χ4v) is 4.97. The summed E-state index contributed by atoms with van der Waals surface area (Å²) in [4.78, 5) is 27.5. The number of carbonyl (C=O) groups excluding carboxylic acids is 2. The van der Waals surface area contributed by atoms with Gasteiger partial charge in [0.2, 0.25) is 0 Å². The smallest absolute Gasteiger partial charge is 0.264 e. The lowest BCUT2D eigenvalue weighted by Crippen LogP contribution is -2.31. The number of imide groups is 1. The molecule has 2 amide bonds. The predicted octanol–water partition coefficient (Wildman–Crippen LogP) is 6.11. The van der Waals surface area contributed by atoms with Crippen molar-refractivity contribution < 1.29 is 18.0 Å². The second kappa shape index (κ2) is 9.84. The zero-order chi connectivity index (χ0) is 26.1. The lowest BCUT2D eigenvalue weighted by atomic mass is 9.87. The van der Waals surface area contributed by atoms with Gasteiger partial charge >= 0.3 is 0 Å². The van der Waals surface area contributed by atoms with Gasteiger partial charge in [-0.1, -0.05) is 74.9 Å². The molecule has 0 aliphatic carbocycles. The number of carbonyl (C=O) groups is 2. The van der Waals surface area contributed by atoms with Crippen molar-refractivity contribution in [1.82, 2.24) is 4.90 Å². The zero-order valence-electron chi connectivity index (χ0n) is 20.5. The molecule has 0 unspecified atom stereocenters. The van der Waals surface area contributed by atoms with Gasteiger partial charge in [0.05, 0.1) is 33.3 Å². The second-order valence-electron chi connectivity index (χ2n) is 9.38. The molecule has 0 saturated carbocycles. The molecule has 0 aromatic heterocycles. The molecule has 8 heteroatoms. The van der Waals surface area contributed by atoms with Crippen LogP contribution < -0.4 is 4.72 Å². The summed E-state index contributed by atoms with van der Waals surface area (Å²) in [5, 5.41) is 0.0760. The SMILES string of the molecule is C=C/C(=C\C(C)=C/C)CN1C(=O)c2c(Cl)ccc(NS(=O)(=O)c3ccc(C(C)(C)C)cc3)c2C1=O. The molecule has 0 saturated heterocycles. The van der Waals surface area contributed by atoms with E-state index in [2.05, 4.69) is 11.3 Å². The number of benzene rings is 2. The molecule has 3 rings (SSSR count). The molecule has 0 radical (unpaired) electrons. The molecule has 184 valence electrons. The van der Waals surface area contributed by atoms with Crippen LogP contribution in [0.15, 0.2) is 77.2 Å². The molecular formula is C27H29ClN2O4S. The lowest BCUT2D eigenvalue weighted by molar-refractivity contribution is 0.0669. The number of nitrogens with zero attached hydrogens (tertiary/aromatic N) is 1. The number of allylic oxidation sites excluding steroid dienone is 3. The summed E-state index contributed by atoms with van der Waals surface area (Å²) in [6.07, 6.45) is 5.29. The van der Waals surface area contributed by atoms with Crippen molar-refractivity contribution in [3.05, 3.63) is 94.1 Å². The van der Waals surface area contributed by atoms with Gasteiger partial charge in [-0.05, 0) is 54.7 Å². The third-order valence-corrected chi connectivity index (χ3v) is 7.52. The molecule has 1 aliphatic heterocycles. The minimum absolute atomic E-state index is 0.00100. The quantitative estimate of drug-likeness (QED) is 0.358. The lowest BCUT2D eigenvalue weighted by Gasteiger charge is -2.19. The van der Waals surface area contributed by atoms with Crippen molar-refractivity contribution in [3.63, 3.8) is 0 Å². The number of fused-ring (bicyclic) bond motifs is 1. The Morgan fingerprint density at radius 3 is 2.20 bits per heavy atom. The van der Waals surface area contributed by atoms with Crippen LogP contribution in [0, 0.1) is 0 Å². The van der Waals surface area contributed by atoms with Crippen LogP contribution in [0.1, 0.15) is 60.9 Å². The monoisotopic (exact) mass is 512 g/mol. The Balaban J connectivity index is 1.98. The van der Waals surface area contributed by atoms with Gasteiger partial charge in [-0.3, -0.25) is 19.2 Å². The maximum atomic E-state index is 13.3. The molecule has 0 fully saturated rings. The van der Waals surface area contributed by atoms with Gasteiger partial charge in [0.1, 0.15) is 0 Å². The number of rotatable bonds is 7. The number of hydrogen-bond donors (Lipinski definition) is 1. The van der Waals surface area contributed by atoms with E-state index >= 15 is 0 Å². The molecule has 1 N–H and O–H groups in total. The average molecular weight is 513 g/mol. The molecule has 1 aliphatic rings. The highest BCUT2D eigenvalue weighted by Gasteiger charge is 2.40. The summed E-state index contributed by atoms with van der Waals surface area (Å²) >= 11 is 6.27. The van der Waals surface area contributed by atoms with Crippen LogP contribution in [-0.2, 0) is 15.4 Å². The van der Waals surface area contributed by atoms with Crippen LogP contribution in [0.2, 0.25) is 5.02 Å². The topological polar surface area (TPSA) is 83.6 Å². The van der Waals surface area contributed by atoms with Crippen molar-refractivity contribution in [2.24, 2.45) is 0 Å². The maximum Gasteiger partial charge on any atom is 0.264 e. The molecule has 0 spiro atoms. The minimum Gasteiger partial charge on any atom is -0.279 e. The standard InChI is InChI=1S/C27H29ClN2O4S/c1-7-17(3)15-18(8-2)16-30-25(31)23-21(28)13-14-22(24(23)26(30)32)29-35(33,34)20-11-9-19(10-12-20)27(4,5)6/h7-15,29H,2,16H2,1,3-6H3/b17-7-,18-15+. The first kappa shape index (κ1) is 26.4. The Bertz CT molecular complexity index is 1370. The van der Waals surface area contributed by atoms with Gasteiger partial charge in [0, 0.05) is 0 Å². The Hall–Kier alpha value is -3.16. The first-order valence-electron chi connectivity index (χ1n) is 11.1. The number of nitrogens with one attached hydrogen (secondary N) is 1. The van der Waals surface area contributed by atoms with Gasteiger partial charge in [-0.15, -0.1) is 0 Å². The van der Waals surface area contributed by atoms with Crippen molar-refractivity contribution in [2.75, 3.05) is 11.3 Å². The van der Waals surface area contributed by atoms with E-state index in [1.807, 2.05) is 46.8 Å². The van der Waals surface area contributed by atoms with Gasteiger partial charge < -0.3 is 0 Å². The van der Waals surface area contributed by atoms with Crippen LogP contribution >= 0.6 is 11.6 Å². The third kappa shape index (κ3) is 5.41. The van der Waals surface area contributed by atoms with Crippen molar-refractivity contribution in [3.8, 4) is 0 Å². The second-order valence-corrected chi connectivity index (χ2v) is 11.5. The normalized spacial score (nSPS) is 14.9. The first-order chi connectivity index (χ1) is 16.3. The Labute approximate surface area is 212 Å². The van der Waals surface area contributed by atoms with Gasteiger partial charge in [0.15, 0.2) is 0 Å². The van der Waals surface area contributed by atoms with Crippen LogP contribution in [0.25, 0.3) is 0 Å². The molecule has 2 aromatic carbocycles. The molecule has 6 nitrogen and oxygen atoms in total. The highest BCUT2D eigenvalue weighted by Crippen LogP contribution is 2.36. The summed E-state index contributed by atoms with van der Waals surface area (Å²) in [7, 11) is -4.03. The summed E-state index contributed by atoms with van der Waals surface area (Å²) < 4.78 is 28.7. The molecular weight excluding hydrogens is 484 g/mol. The molecule has 0 atom stereocenters. The van der Waals surface area contributed by atoms with Crippen LogP contribution in [0.3, 0.4) is 0 Å². The zero-order valence-corrected chi connectivity index (χ0v) is 22.0. The largest absolute Gasteiger partial charge is 0.279 e. The van der Waals surface area contributed by atoms with E-state index < -0.39 is 21.8 Å². The number of halogens is 1. The highest BCUT2D eigenvalue weighted by molar-refractivity contribution is 7.92. The van der Waals surface area contributed by atoms with E-state index in [0.717, 1.165) is 16.0 Å². The number of hydrogen-bond acceptors (Lipinski definition) is 4. The van der Waals surface area contributed by atoms with E-state index in [1.54, 1.807) is 18.2 Å². The summed E-state index contributed by atoms with van der Waals surface area (Å²) in [5.41, 5.74) is 2.37. The summed E-state index contributed by atoms with van der Waals surface area (Å²) in [6.45, 7) is 13.6. The third-order valence-electron chi connectivity index (χ3n) is 5.82. The van der Waals surface area contributed by atoms with Crippen molar-refractivity contribution in [2.45, 2.75) is 44.9 Å². The summed E-state index contributed by atoms with van der Waals surface area (Å²) in [5.74, 6) is -1.21. The first-order valence-corrected chi connectivity index (χ1v) is 12.9. The highest BCUT2D eigenvalue weighted by atomic mass is 35.5. The fourth-order valence-electron chi connectivity index (χ4n) is 3.66. The van der Waals surface area contributed by atoms with E-state index in [0.29, 0.717) is 5.57 Å². The van der Waals surface area contributed by atoms with Crippen LogP contribution in [0.5, 0.6) is 0 Å². The van der Waals surface area contributed by atoms with Gasteiger partial charge in [-0.2, -0.15) is 0 Å². The van der Waals surface area contributed by atoms with Crippen LogP contribution in [0.4, 0.5) is 5.69 Å². The van der Waals surface area contributed by atoms with E-state index in [9.17, 15) is 18.0 Å². The minimum atomic E-state index is -4.03. The number of anilines is 1. The van der Waals surface area contributed by atoms with Crippen LogP contribution in [-0.4, -0.2) is 31.7 Å². The Morgan fingerprint density at radius 2 is 1.66 bits per heavy atom. The summed E-state index contributed by atoms with van der Waals surface area (Å²) in [6, 6.07) is 9.35. The fraction of sp³-hybridized carbons (Fsp3) is 0.259. The van der Waals surface area contributed by atoms with E-state index in [4.69, 9.17) is 11.6 Å². The van der Waals surface area contributed by atoms with Gasteiger partial charge in [0.25, 0.3) is 21.8 Å². The molecule has 1 heterocycles. The van der Waals surface area contributed by atoms with Crippen molar-refractivity contribution >= 4 is 39.1 Å². The number of sulfonamides is 1. The Morgan fingerprint density at radius 1 is 1.06 bits per heavy atom.